The molecular formula is C25H30N2O6. The standard InChI is InChI=1S/C25H30N2O6/c1-4-25(5-2,23(30)26-21(15-32-3)22(28)29)27-24(31)33-14-20-18-12-8-6-10-16(18)17-11-7-9-13-19(17)20/h6-13,20-21H,4-5,14-15H2,1-3H3,(H,26,30)(H,27,31)(H,28,29). The maximum absolute atomic E-state index is 12.9. The highest BCUT2D eigenvalue weighted by atomic mass is 16.5. The first-order valence-electron chi connectivity index (χ1n) is 11.0. The average molecular weight is 455 g/mol. The molecule has 0 bridgehead atoms. The van der Waals surface area contributed by atoms with E-state index in [1.165, 1.54) is 7.11 Å². The Kier molecular flexibility index (Phi) is 7.71. The molecule has 1 aliphatic rings. The fourth-order valence-electron chi connectivity index (χ4n) is 4.27. The van der Waals surface area contributed by atoms with Gasteiger partial charge in [-0.15, -0.1) is 0 Å². The molecule has 1 atom stereocenters. The number of hydrogen-bond acceptors (Lipinski definition) is 5. The highest BCUT2D eigenvalue weighted by Crippen LogP contribution is 2.44. The van der Waals surface area contributed by atoms with Gasteiger partial charge in [-0.25, -0.2) is 9.59 Å². The van der Waals surface area contributed by atoms with E-state index in [-0.39, 0.29) is 32.0 Å². The summed E-state index contributed by atoms with van der Waals surface area (Å²) in [6, 6.07) is 14.8. The molecule has 0 spiro atoms. The maximum atomic E-state index is 12.9. The summed E-state index contributed by atoms with van der Waals surface area (Å²) >= 11 is 0. The molecule has 0 saturated heterocycles. The summed E-state index contributed by atoms with van der Waals surface area (Å²) in [5, 5.41) is 14.4. The molecule has 176 valence electrons. The molecule has 0 fully saturated rings. The molecule has 2 aromatic rings. The maximum Gasteiger partial charge on any atom is 0.408 e. The van der Waals surface area contributed by atoms with Crippen molar-refractivity contribution in [1.29, 1.82) is 0 Å². The molecule has 0 aromatic heterocycles. The van der Waals surface area contributed by atoms with Gasteiger partial charge in [-0.05, 0) is 35.1 Å². The Labute approximate surface area is 193 Å². The summed E-state index contributed by atoms with van der Waals surface area (Å²) in [6.07, 6.45) is -0.202. The van der Waals surface area contributed by atoms with Gasteiger partial charge < -0.3 is 25.2 Å². The van der Waals surface area contributed by atoms with Crippen molar-refractivity contribution >= 4 is 18.0 Å². The second-order valence-corrected chi connectivity index (χ2v) is 8.06. The van der Waals surface area contributed by atoms with Crippen LogP contribution >= 0.6 is 0 Å². The van der Waals surface area contributed by atoms with Gasteiger partial charge in [-0.3, -0.25) is 4.79 Å². The highest BCUT2D eigenvalue weighted by Gasteiger charge is 2.39. The van der Waals surface area contributed by atoms with Crippen LogP contribution in [0.25, 0.3) is 11.1 Å². The van der Waals surface area contributed by atoms with E-state index in [2.05, 4.69) is 22.8 Å². The predicted molar refractivity (Wildman–Crippen MR) is 123 cm³/mol. The SMILES string of the molecule is CCC(CC)(NC(=O)OCC1c2ccccc2-c2ccccc21)C(=O)NC(COC)C(=O)O. The van der Waals surface area contributed by atoms with E-state index in [9.17, 15) is 19.5 Å². The zero-order valence-corrected chi connectivity index (χ0v) is 19.1. The molecule has 2 amide bonds. The quantitative estimate of drug-likeness (QED) is 0.508. The molecule has 1 unspecified atom stereocenters. The van der Waals surface area contributed by atoms with Crippen LogP contribution in [0.1, 0.15) is 43.7 Å². The highest BCUT2D eigenvalue weighted by molar-refractivity contribution is 5.92. The number of ether oxygens (including phenoxy) is 2. The van der Waals surface area contributed by atoms with Gasteiger partial charge in [0.1, 0.15) is 12.1 Å². The molecule has 2 aromatic carbocycles. The Hall–Kier alpha value is -3.39. The van der Waals surface area contributed by atoms with E-state index in [1.807, 2.05) is 36.4 Å². The zero-order valence-electron chi connectivity index (χ0n) is 19.1. The molecule has 3 N–H and O–H groups in total. The van der Waals surface area contributed by atoms with Gasteiger partial charge >= 0.3 is 12.1 Å². The van der Waals surface area contributed by atoms with Gasteiger partial charge in [0.05, 0.1) is 6.61 Å². The Balaban J connectivity index is 1.71. The number of carboxylic acid groups (broad SMARTS) is 1. The van der Waals surface area contributed by atoms with Gasteiger partial charge in [0, 0.05) is 13.0 Å². The smallest absolute Gasteiger partial charge is 0.408 e. The third-order valence-corrected chi connectivity index (χ3v) is 6.26. The lowest BCUT2D eigenvalue weighted by Gasteiger charge is -2.32. The van der Waals surface area contributed by atoms with Gasteiger partial charge in [-0.2, -0.15) is 0 Å². The summed E-state index contributed by atoms with van der Waals surface area (Å²) in [6.45, 7) is 3.43. The molecule has 8 nitrogen and oxygen atoms in total. The molecule has 0 heterocycles. The van der Waals surface area contributed by atoms with Crippen molar-refractivity contribution in [2.75, 3.05) is 20.3 Å². The lowest BCUT2D eigenvalue weighted by molar-refractivity contribution is -0.144. The number of carboxylic acids is 1. The van der Waals surface area contributed by atoms with Crippen LogP contribution in [0.4, 0.5) is 4.79 Å². The van der Waals surface area contributed by atoms with E-state index in [1.54, 1.807) is 13.8 Å². The van der Waals surface area contributed by atoms with E-state index >= 15 is 0 Å². The number of amides is 2. The number of benzene rings is 2. The van der Waals surface area contributed by atoms with Crippen LogP contribution in [0, 0.1) is 0 Å². The molecule has 33 heavy (non-hydrogen) atoms. The number of alkyl carbamates (subject to hydrolysis) is 1. The molecule has 8 heteroatoms. The van der Waals surface area contributed by atoms with Gasteiger partial charge in [0.2, 0.25) is 5.91 Å². The zero-order chi connectivity index (χ0) is 24.0. The number of nitrogens with one attached hydrogen (secondary N) is 2. The largest absolute Gasteiger partial charge is 0.480 e. The normalized spacial score (nSPS) is 13.5. The lowest BCUT2D eigenvalue weighted by atomic mass is 9.91. The van der Waals surface area contributed by atoms with Crippen LogP contribution in [0.5, 0.6) is 0 Å². The number of carbonyl (C=O) groups excluding carboxylic acids is 2. The van der Waals surface area contributed by atoms with Crippen molar-refractivity contribution in [3.8, 4) is 11.1 Å². The molecule has 3 rings (SSSR count). The van der Waals surface area contributed by atoms with Crippen molar-refractivity contribution in [2.24, 2.45) is 0 Å². The summed E-state index contributed by atoms with van der Waals surface area (Å²) in [7, 11) is 1.35. The van der Waals surface area contributed by atoms with Crippen molar-refractivity contribution in [1.82, 2.24) is 10.6 Å². The number of aliphatic carboxylic acids is 1. The summed E-state index contributed by atoms with van der Waals surface area (Å²) < 4.78 is 10.5. The number of rotatable bonds is 10. The first kappa shape index (κ1) is 24.3. The second-order valence-electron chi connectivity index (χ2n) is 8.06. The van der Waals surface area contributed by atoms with Crippen LogP contribution in [0.2, 0.25) is 0 Å². The average Bonchev–Trinajstić information content (AvgIpc) is 3.14. The van der Waals surface area contributed by atoms with Crippen molar-refractivity contribution in [3.05, 3.63) is 59.7 Å². The fraction of sp³-hybridized carbons (Fsp3) is 0.400. The minimum Gasteiger partial charge on any atom is -0.480 e. The molecule has 1 aliphatic carbocycles. The topological polar surface area (TPSA) is 114 Å². The number of carbonyl (C=O) groups is 3. The van der Waals surface area contributed by atoms with E-state index in [0.29, 0.717) is 0 Å². The number of fused-ring (bicyclic) bond motifs is 3. The minimum absolute atomic E-state index is 0.104. The van der Waals surface area contributed by atoms with E-state index in [4.69, 9.17) is 9.47 Å². The van der Waals surface area contributed by atoms with Crippen LogP contribution < -0.4 is 10.6 Å². The van der Waals surface area contributed by atoms with Crippen molar-refractivity contribution in [2.45, 2.75) is 44.2 Å². The Morgan fingerprint density at radius 2 is 1.55 bits per heavy atom. The van der Waals surface area contributed by atoms with Gasteiger partial charge in [0.15, 0.2) is 6.04 Å². The summed E-state index contributed by atoms with van der Waals surface area (Å²) in [5.74, 6) is -1.91. The van der Waals surface area contributed by atoms with Crippen LogP contribution in [-0.2, 0) is 19.1 Å². The summed E-state index contributed by atoms with van der Waals surface area (Å²) in [4.78, 5) is 37.1. The fourth-order valence-corrected chi connectivity index (χ4v) is 4.27. The molecule has 0 aliphatic heterocycles. The third kappa shape index (κ3) is 5.01. The number of hydrogen-bond donors (Lipinski definition) is 3. The third-order valence-electron chi connectivity index (χ3n) is 6.26. The van der Waals surface area contributed by atoms with Crippen LogP contribution in [-0.4, -0.2) is 55.0 Å². The monoisotopic (exact) mass is 454 g/mol. The second kappa shape index (κ2) is 10.5. The van der Waals surface area contributed by atoms with E-state index < -0.39 is 29.6 Å². The predicted octanol–water partition coefficient (Wildman–Crippen LogP) is 3.30. The first-order chi connectivity index (χ1) is 15.9. The Morgan fingerprint density at radius 1 is 1.00 bits per heavy atom. The van der Waals surface area contributed by atoms with Gasteiger partial charge in [-0.1, -0.05) is 62.4 Å². The summed E-state index contributed by atoms with van der Waals surface area (Å²) in [5.41, 5.74) is 3.12. The van der Waals surface area contributed by atoms with Crippen LogP contribution in [0.3, 0.4) is 0 Å². The first-order valence-corrected chi connectivity index (χ1v) is 11.0. The lowest BCUT2D eigenvalue weighted by Crippen LogP contribution is -2.61. The van der Waals surface area contributed by atoms with Crippen LogP contribution in [0.15, 0.2) is 48.5 Å². The molecular weight excluding hydrogens is 424 g/mol. The van der Waals surface area contributed by atoms with Gasteiger partial charge in [0.25, 0.3) is 0 Å². The minimum atomic E-state index is -1.30. The van der Waals surface area contributed by atoms with E-state index in [0.717, 1.165) is 22.3 Å². The van der Waals surface area contributed by atoms with Crippen molar-refractivity contribution < 1.29 is 29.0 Å². The Bertz CT molecular complexity index is 972. The molecule has 0 radical (unpaired) electrons. The Morgan fingerprint density at radius 3 is 2.03 bits per heavy atom. The number of methoxy groups -OCH3 is 1. The van der Waals surface area contributed by atoms with Crippen molar-refractivity contribution in [3.63, 3.8) is 0 Å². The molecule has 0 saturated carbocycles.